The molecule has 104 valence electrons. The van der Waals surface area contributed by atoms with Crippen molar-refractivity contribution in [3.63, 3.8) is 0 Å². The van der Waals surface area contributed by atoms with Gasteiger partial charge in [0.25, 0.3) is 0 Å². The number of carbonyl (C=O) groups is 1. The third kappa shape index (κ3) is 3.58. The molecule has 0 aliphatic rings. The molecule has 0 bridgehead atoms. The first-order chi connectivity index (χ1) is 9.58. The summed E-state index contributed by atoms with van der Waals surface area (Å²) in [6.45, 7) is 0. The topological polar surface area (TPSA) is 90.1 Å². The molecule has 7 heteroatoms. The highest BCUT2D eigenvalue weighted by molar-refractivity contribution is 6.29. The van der Waals surface area contributed by atoms with Crippen LogP contribution in [0.5, 0.6) is 5.88 Å². The Hall–Kier alpha value is -2.34. The number of benzene rings is 1. The Morgan fingerprint density at radius 3 is 2.85 bits per heavy atom. The molecule has 1 aromatic carbocycles. The lowest BCUT2D eigenvalue weighted by Gasteiger charge is -2.07. The number of aromatic nitrogens is 2. The van der Waals surface area contributed by atoms with Gasteiger partial charge < -0.3 is 10.5 Å². The van der Waals surface area contributed by atoms with E-state index in [0.29, 0.717) is 5.69 Å². The average molecular weight is 293 g/mol. The lowest BCUT2D eigenvalue weighted by molar-refractivity contribution is -0.115. The Kier molecular flexibility index (Phi) is 4.37. The van der Waals surface area contributed by atoms with Crippen LogP contribution in [0.15, 0.2) is 30.3 Å². The minimum atomic E-state index is -0.285. The number of nitrogen functional groups attached to an aromatic ring is 1. The fourth-order valence-electron chi connectivity index (χ4n) is 1.59. The molecule has 0 radical (unpaired) electrons. The van der Waals surface area contributed by atoms with E-state index in [4.69, 9.17) is 22.1 Å². The van der Waals surface area contributed by atoms with Gasteiger partial charge in [-0.3, -0.25) is 10.1 Å². The zero-order valence-corrected chi connectivity index (χ0v) is 11.5. The van der Waals surface area contributed by atoms with Gasteiger partial charge in [-0.1, -0.05) is 29.8 Å². The highest BCUT2D eigenvalue weighted by Crippen LogP contribution is 2.16. The van der Waals surface area contributed by atoms with E-state index >= 15 is 0 Å². The van der Waals surface area contributed by atoms with Crippen LogP contribution in [0.1, 0.15) is 5.56 Å². The van der Waals surface area contributed by atoms with Gasteiger partial charge in [0.05, 0.1) is 13.5 Å². The predicted molar refractivity (Wildman–Crippen MR) is 76.8 cm³/mol. The van der Waals surface area contributed by atoms with E-state index in [2.05, 4.69) is 15.3 Å². The van der Waals surface area contributed by atoms with Crippen LogP contribution in [0.4, 0.5) is 11.6 Å². The van der Waals surface area contributed by atoms with Crippen LogP contribution in [-0.4, -0.2) is 23.0 Å². The Labute approximate surface area is 120 Å². The normalized spacial score (nSPS) is 10.1. The molecule has 0 saturated heterocycles. The fraction of sp³-hybridized carbons (Fsp3) is 0.154. The van der Waals surface area contributed by atoms with Crippen molar-refractivity contribution in [2.24, 2.45) is 0 Å². The zero-order valence-electron chi connectivity index (χ0n) is 10.8. The monoisotopic (exact) mass is 292 g/mol. The molecule has 0 aliphatic heterocycles. The molecule has 0 spiro atoms. The van der Waals surface area contributed by atoms with Crippen molar-refractivity contribution in [2.75, 3.05) is 18.2 Å². The second-order valence-corrected chi connectivity index (χ2v) is 4.37. The number of nitrogens with two attached hydrogens (primary N) is 1. The molecule has 0 saturated carbocycles. The first kappa shape index (κ1) is 14.1. The highest BCUT2D eigenvalue weighted by Gasteiger charge is 2.10. The third-order valence-corrected chi connectivity index (χ3v) is 2.73. The molecular weight excluding hydrogens is 280 g/mol. The van der Waals surface area contributed by atoms with Crippen molar-refractivity contribution < 1.29 is 9.53 Å². The van der Waals surface area contributed by atoms with Crippen molar-refractivity contribution in [1.82, 2.24) is 9.97 Å². The van der Waals surface area contributed by atoms with E-state index in [1.165, 1.54) is 13.2 Å². The van der Waals surface area contributed by atoms with Crippen molar-refractivity contribution >= 4 is 29.1 Å². The molecule has 1 heterocycles. The van der Waals surface area contributed by atoms with E-state index in [0.717, 1.165) is 5.56 Å². The molecule has 0 fully saturated rings. The number of para-hydroxylation sites is 1. The SMILES string of the molecule is COc1cc(Cl)nc(NC(=O)Cc2ccccc2N)n1. The van der Waals surface area contributed by atoms with E-state index in [-0.39, 0.29) is 29.3 Å². The van der Waals surface area contributed by atoms with Crippen LogP contribution in [-0.2, 0) is 11.2 Å². The second-order valence-electron chi connectivity index (χ2n) is 3.98. The minimum absolute atomic E-state index is 0.0915. The minimum Gasteiger partial charge on any atom is -0.481 e. The number of halogens is 1. The maximum absolute atomic E-state index is 11.9. The Morgan fingerprint density at radius 2 is 2.15 bits per heavy atom. The predicted octanol–water partition coefficient (Wildman–Crippen LogP) is 1.90. The molecule has 2 rings (SSSR count). The van der Waals surface area contributed by atoms with E-state index in [9.17, 15) is 4.79 Å². The fourth-order valence-corrected chi connectivity index (χ4v) is 1.77. The molecule has 1 aromatic heterocycles. The van der Waals surface area contributed by atoms with Gasteiger partial charge in [0.1, 0.15) is 5.15 Å². The quantitative estimate of drug-likeness (QED) is 0.663. The standard InChI is InChI=1S/C13H13ClN4O2/c1-20-12-7-10(14)16-13(18-12)17-11(19)6-8-4-2-3-5-9(8)15/h2-5,7H,6,15H2,1H3,(H,16,17,18,19). The number of carbonyl (C=O) groups excluding carboxylic acids is 1. The van der Waals surface area contributed by atoms with Gasteiger partial charge in [0.15, 0.2) is 0 Å². The number of methoxy groups -OCH3 is 1. The van der Waals surface area contributed by atoms with Gasteiger partial charge in [-0.15, -0.1) is 0 Å². The third-order valence-electron chi connectivity index (χ3n) is 2.54. The molecule has 6 nitrogen and oxygen atoms in total. The number of amides is 1. The van der Waals surface area contributed by atoms with Crippen molar-refractivity contribution in [2.45, 2.75) is 6.42 Å². The smallest absolute Gasteiger partial charge is 0.234 e. The summed E-state index contributed by atoms with van der Waals surface area (Å²) in [4.78, 5) is 19.8. The number of nitrogens with zero attached hydrogens (tertiary/aromatic N) is 2. The largest absolute Gasteiger partial charge is 0.481 e. The lowest BCUT2D eigenvalue weighted by atomic mass is 10.1. The molecule has 3 N–H and O–H groups in total. The van der Waals surface area contributed by atoms with Gasteiger partial charge in [-0.2, -0.15) is 4.98 Å². The summed E-state index contributed by atoms with van der Waals surface area (Å²) in [7, 11) is 1.45. The molecule has 20 heavy (non-hydrogen) atoms. The van der Waals surface area contributed by atoms with Crippen LogP contribution < -0.4 is 15.8 Å². The number of rotatable bonds is 4. The highest BCUT2D eigenvalue weighted by atomic mass is 35.5. The maximum atomic E-state index is 11.9. The molecule has 0 atom stereocenters. The van der Waals surface area contributed by atoms with Gasteiger partial charge in [0, 0.05) is 11.8 Å². The Morgan fingerprint density at radius 1 is 1.40 bits per heavy atom. The van der Waals surface area contributed by atoms with Crippen LogP contribution in [0.25, 0.3) is 0 Å². The van der Waals surface area contributed by atoms with Gasteiger partial charge in [0.2, 0.25) is 17.7 Å². The molecule has 1 amide bonds. The van der Waals surface area contributed by atoms with Crippen LogP contribution >= 0.6 is 11.6 Å². The van der Waals surface area contributed by atoms with E-state index < -0.39 is 0 Å². The summed E-state index contributed by atoms with van der Waals surface area (Å²) in [5.74, 6) is 0.0839. The Bertz CT molecular complexity index is 634. The van der Waals surface area contributed by atoms with Crippen LogP contribution in [0, 0.1) is 0 Å². The van der Waals surface area contributed by atoms with Crippen molar-refractivity contribution in [1.29, 1.82) is 0 Å². The van der Waals surface area contributed by atoms with Crippen LogP contribution in [0.3, 0.4) is 0 Å². The van der Waals surface area contributed by atoms with Gasteiger partial charge in [-0.25, -0.2) is 4.98 Å². The zero-order chi connectivity index (χ0) is 14.5. The summed E-state index contributed by atoms with van der Waals surface area (Å²) >= 11 is 5.80. The van der Waals surface area contributed by atoms with E-state index in [1.807, 2.05) is 12.1 Å². The lowest BCUT2D eigenvalue weighted by Crippen LogP contribution is -2.17. The van der Waals surface area contributed by atoms with Crippen LogP contribution in [0.2, 0.25) is 5.15 Å². The Balaban J connectivity index is 2.08. The molecular formula is C13H13ClN4O2. The summed E-state index contributed by atoms with van der Waals surface area (Å²) in [5.41, 5.74) is 7.08. The number of ether oxygens (including phenoxy) is 1. The summed E-state index contributed by atoms with van der Waals surface area (Å²) in [6, 6.07) is 8.60. The number of hydrogen-bond donors (Lipinski definition) is 2. The average Bonchev–Trinajstić information content (AvgIpc) is 2.40. The van der Waals surface area contributed by atoms with Gasteiger partial charge in [-0.05, 0) is 11.6 Å². The number of hydrogen-bond acceptors (Lipinski definition) is 5. The number of anilines is 2. The molecule has 0 unspecified atom stereocenters. The summed E-state index contributed by atoms with van der Waals surface area (Å²) < 4.78 is 4.95. The molecule has 2 aromatic rings. The van der Waals surface area contributed by atoms with E-state index in [1.54, 1.807) is 12.1 Å². The number of nitrogens with one attached hydrogen (secondary N) is 1. The van der Waals surface area contributed by atoms with Gasteiger partial charge >= 0.3 is 0 Å². The first-order valence-electron chi connectivity index (χ1n) is 5.80. The summed E-state index contributed by atoms with van der Waals surface area (Å²) in [5, 5.41) is 2.74. The van der Waals surface area contributed by atoms with Crippen molar-refractivity contribution in [3.8, 4) is 5.88 Å². The first-order valence-corrected chi connectivity index (χ1v) is 6.18. The van der Waals surface area contributed by atoms with Crippen molar-refractivity contribution in [3.05, 3.63) is 41.0 Å². The second kappa shape index (κ2) is 6.21. The summed E-state index contributed by atoms with van der Waals surface area (Å²) in [6.07, 6.45) is 0.130. The molecule has 0 aliphatic carbocycles. The maximum Gasteiger partial charge on any atom is 0.234 e.